The van der Waals surface area contributed by atoms with Gasteiger partial charge in [-0.25, -0.2) is 0 Å². The van der Waals surface area contributed by atoms with Crippen LogP contribution in [-0.4, -0.2) is 30.1 Å². The molecule has 0 bridgehead atoms. The number of nitrogens with zero attached hydrogens (tertiary/aromatic N) is 1. The van der Waals surface area contributed by atoms with Crippen LogP contribution in [0.3, 0.4) is 0 Å². The molecule has 25 heavy (non-hydrogen) atoms. The molecule has 1 fully saturated rings. The van der Waals surface area contributed by atoms with Gasteiger partial charge in [-0.3, -0.25) is 4.79 Å². The Morgan fingerprint density at radius 3 is 2.56 bits per heavy atom. The van der Waals surface area contributed by atoms with Gasteiger partial charge in [-0.15, -0.1) is 12.4 Å². The first-order chi connectivity index (χ1) is 11.6. The second-order valence-corrected chi connectivity index (χ2v) is 6.32. The lowest BCUT2D eigenvalue weighted by atomic mass is 10.0. The number of nitrogens with two attached hydrogens (primary N) is 1. The van der Waals surface area contributed by atoms with Gasteiger partial charge < -0.3 is 15.4 Å². The van der Waals surface area contributed by atoms with E-state index in [1.165, 1.54) is 0 Å². The highest BCUT2D eigenvalue weighted by Gasteiger charge is 2.31. The molecule has 134 valence electrons. The van der Waals surface area contributed by atoms with Crippen molar-refractivity contribution in [3.8, 4) is 0 Å². The van der Waals surface area contributed by atoms with E-state index in [0.29, 0.717) is 26.0 Å². The number of nitrogen functional groups attached to an aromatic ring is 1. The molecule has 5 heteroatoms. The monoisotopic (exact) mass is 360 g/mol. The molecule has 1 heterocycles. The number of morpholine rings is 1. The lowest BCUT2D eigenvalue weighted by Crippen LogP contribution is -2.46. The van der Waals surface area contributed by atoms with Crippen LogP contribution in [0.5, 0.6) is 0 Å². The number of aryl methyl sites for hydroxylation is 1. The molecule has 1 amide bonds. The third-order valence-corrected chi connectivity index (χ3v) is 4.54. The third-order valence-electron chi connectivity index (χ3n) is 4.54. The van der Waals surface area contributed by atoms with Gasteiger partial charge in [-0.1, -0.05) is 48.5 Å². The van der Waals surface area contributed by atoms with Crippen LogP contribution in [0.4, 0.5) is 5.69 Å². The minimum atomic E-state index is -0.0111. The maximum Gasteiger partial charge on any atom is 0.223 e. The number of ether oxygens (including phenoxy) is 1. The fraction of sp³-hybridized carbons (Fsp3) is 0.350. The van der Waals surface area contributed by atoms with Gasteiger partial charge in [0.1, 0.15) is 0 Å². The Morgan fingerprint density at radius 2 is 1.84 bits per heavy atom. The van der Waals surface area contributed by atoms with Crippen LogP contribution in [-0.2, 0) is 16.0 Å². The van der Waals surface area contributed by atoms with Gasteiger partial charge in [-0.2, -0.15) is 0 Å². The van der Waals surface area contributed by atoms with Gasteiger partial charge in [0.15, 0.2) is 0 Å². The van der Waals surface area contributed by atoms with Crippen LogP contribution < -0.4 is 5.73 Å². The van der Waals surface area contributed by atoms with Crippen molar-refractivity contribution in [2.45, 2.75) is 31.9 Å². The summed E-state index contributed by atoms with van der Waals surface area (Å²) in [5, 5.41) is 0. The minimum absolute atomic E-state index is 0. The van der Waals surface area contributed by atoms with E-state index < -0.39 is 0 Å². The molecule has 0 spiro atoms. The number of anilines is 1. The predicted molar refractivity (Wildman–Crippen MR) is 103 cm³/mol. The number of benzene rings is 2. The van der Waals surface area contributed by atoms with Gasteiger partial charge in [0.2, 0.25) is 5.91 Å². The summed E-state index contributed by atoms with van der Waals surface area (Å²) in [5.41, 5.74) is 8.88. The van der Waals surface area contributed by atoms with Gasteiger partial charge in [0.25, 0.3) is 0 Å². The fourth-order valence-corrected chi connectivity index (χ4v) is 3.18. The van der Waals surface area contributed by atoms with E-state index in [1.807, 2.05) is 54.3 Å². The average molecular weight is 361 g/mol. The highest BCUT2D eigenvalue weighted by atomic mass is 35.5. The number of carbonyl (C=O) groups excluding carboxylic acids is 1. The Morgan fingerprint density at radius 1 is 1.16 bits per heavy atom. The molecule has 0 saturated carbocycles. The summed E-state index contributed by atoms with van der Waals surface area (Å²) in [4.78, 5) is 14.8. The smallest absolute Gasteiger partial charge is 0.223 e. The lowest BCUT2D eigenvalue weighted by Gasteiger charge is -2.39. The summed E-state index contributed by atoms with van der Waals surface area (Å²) in [6.07, 6.45) is 1.19. The summed E-state index contributed by atoms with van der Waals surface area (Å²) in [5.74, 6) is 0.155. The first-order valence-electron chi connectivity index (χ1n) is 8.44. The molecule has 2 N–H and O–H groups in total. The predicted octanol–water partition coefficient (Wildman–Crippen LogP) is 3.61. The number of hydrogen-bond acceptors (Lipinski definition) is 3. The third kappa shape index (κ3) is 4.74. The molecule has 1 aliphatic heterocycles. The first kappa shape index (κ1) is 19.3. The summed E-state index contributed by atoms with van der Waals surface area (Å²) in [7, 11) is 0. The largest absolute Gasteiger partial charge is 0.399 e. The van der Waals surface area contributed by atoms with Gasteiger partial charge in [0.05, 0.1) is 18.8 Å². The molecule has 2 unspecified atom stereocenters. The van der Waals surface area contributed by atoms with E-state index in [-0.39, 0.29) is 30.5 Å². The van der Waals surface area contributed by atoms with Crippen molar-refractivity contribution in [2.24, 2.45) is 0 Å². The summed E-state index contributed by atoms with van der Waals surface area (Å²) in [6.45, 7) is 3.18. The zero-order valence-electron chi connectivity index (χ0n) is 14.4. The number of halogens is 1. The molecule has 0 radical (unpaired) electrons. The zero-order chi connectivity index (χ0) is 16.9. The van der Waals surface area contributed by atoms with E-state index in [2.05, 4.69) is 12.1 Å². The number of rotatable bonds is 4. The van der Waals surface area contributed by atoms with Crippen LogP contribution >= 0.6 is 12.4 Å². The van der Waals surface area contributed by atoms with Gasteiger partial charge in [-0.05, 0) is 30.5 Å². The fourth-order valence-electron chi connectivity index (χ4n) is 3.18. The van der Waals surface area contributed by atoms with E-state index in [9.17, 15) is 4.79 Å². The van der Waals surface area contributed by atoms with E-state index >= 15 is 0 Å². The average Bonchev–Trinajstić information content (AvgIpc) is 2.61. The summed E-state index contributed by atoms with van der Waals surface area (Å²) in [6, 6.07) is 17.8. The first-order valence-corrected chi connectivity index (χ1v) is 8.44. The molecule has 2 aromatic rings. The van der Waals surface area contributed by atoms with Crippen molar-refractivity contribution in [3.05, 3.63) is 65.7 Å². The second-order valence-electron chi connectivity index (χ2n) is 6.32. The molecule has 0 aliphatic carbocycles. The zero-order valence-corrected chi connectivity index (χ0v) is 15.2. The molecule has 4 nitrogen and oxygen atoms in total. The Bertz CT molecular complexity index is 693. The normalized spacial score (nSPS) is 20.0. The Hall–Kier alpha value is -2.04. The summed E-state index contributed by atoms with van der Waals surface area (Å²) < 4.78 is 5.79. The highest BCUT2D eigenvalue weighted by molar-refractivity contribution is 5.85. The minimum Gasteiger partial charge on any atom is -0.399 e. The maximum atomic E-state index is 12.8. The molecule has 2 atom stereocenters. The van der Waals surface area contributed by atoms with Crippen molar-refractivity contribution < 1.29 is 9.53 Å². The van der Waals surface area contributed by atoms with Crippen LogP contribution in [0, 0.1) is 0 Å². The number of hydrogen-bond donors (Lipinski definition) is 1. The number of para-hydroxylation sites is 1. The molecular weight excluding hydrogens is 336 g/mol. The lowest BCUT2D eigenvalue weighted by molar-refractivity contribution is -0.144. The molecule has 1 aliphatic rings. The Labute approximate surface area is 155 Å². The maximum absolute atomic E-state index is 12.8. The van der Waals surface area contributed by atoms with Crippen molar-refractivity contribution in [1.82, 2.24) is 4.90 Å². The van der Waals surface area contributed by atoms with Crippen molar-refractivity contribution >= 4 is 24.0 Å². The Kier molecular flexibility index (Phi) is 6.85. The number of amides is 1. The SMILES string of the molecule is CC1CN(C(=O)CCc2ccccc2N)C(c2ccccc2)CO1.Cl. The molecule has 0 aromatic heterocycles. The van der Waals surface area contributed by atoms with Gasteiger partial charge >= 0.3 is 0 Å². The van der Waals surface area contributed by atoms with Crippen molar-refractivity contribution in [1.29, 1.82) is 0 Å². The molecule has 1 saturated heterocycles. The van der Waals surface area contributed by atoms with E-state index in [4.69, 9.17) is 10.5 Å². The topological polar surface area (TPSA) is 55.6 Å². The van der Waals surface area contributed by atoms with Crippen molar-refractivity contribution in [3.63, 3.8) is 0 Å². The van der Waals surface area contributed by atoms with Crippen LogP contribution in [0.2, 0.25) is 0 Å². The quantitative estimate of drug-likeness (QED) is 0.847. The Balaban J connectivity index is 0.00000225. The van der Waals surface area contributed by atoms with Crippen LogP contribution in [0.1, 0.15) is 30.5 Å². The highest BCUT2D eigenvalue weighted by Crippen LogP contribution is 2.27. The molecule has 2 aromatic carbocycles. The molecular formula is C20H25ClN2O2. The van der Waals surface area contributed by atoms with Crippen LogP contribution in [0.25, 0.3) is 0 Å². The molecule has 3 rings (SSSR count). The number of carbonyl (C=O) groups is 1. The van der Waals surface area contributed by atoms with E-state index in [1.54, 1.807) is 0 Å². The summed E-state index contributed by atoms with van der Waals surface area (Å²) >= 11 is 0. The van der Waals surface area contributed by atoms with Crippen molar-refractivity contribution in [2.75, 3.05) is 18.9 Å². The standard InChI is InChI=1S/C20H24N2O2.ClH/c1-15-13-22(19(14-24-15)17-8-3-2-4-9-17)20(23)12-11-16-7-5-6-10-18(16)21;/h2-10,15,19H,11-14,21H2,1H3;1H. The van der Waals surface area contributed by atoms with E-state index in [0.717, 1.165) is 16.8 Å². The van der Waals surface area contributed by atoms with Gasteiger partial charge in [0, 0.05) is 18.7 Å². The second kappa shape index (κ2) is 8.88. The van der Waals surface area contributed by atoms with Crippen LogP contribution in [0.15, 0.2) is 54.6 Å².